The highest BCUT2D eigenvalue weighted by Crippen LogP contribution is 2.44. The molecule has 3 aromatic rings. The number of ether oxygens (including phenoxy) is 1. The Hall–Kier alpha value is -3.02. The lowest BCUT2D eigenvalue weighted by Gasteiger charge is -2.33. The Bertz CT molecular complexity index is 1100. The predicted molar refractivity (Wildman–Crippen MR) is 124 cm³/mol. The first-order chi connectivity index (χ1) is 14.7. The van der Waals surface area contributed by atoms with Crippen LogP contribution in [0.1, 0.15) is 57.8 Å². The van der Waals surface area contributed by atoms with Gasteiger partial charge in [-0.2, -0.15) is 5.10 Å². The van der Waals surface area contributed by atoms with Crippen LogP contribution in [0.3, 0.4) is 0 Å². The summed E-state index contributed by atoms with van der Waals surface area (Å²) < 4.78 is 7.56. The molecule has 1 unspecified atom stereocenters. The Morgan fingerprint density at radius 1 is 1.23 bits per heavy atom. The summed E-state index contributed by atoms with van der Waals surface area (Å²) >= 11 is 0. The maximum atomic E-state index is 12.2. The van der Waals surface area contributed by atoms with Crippen molar-refractivity contribution in [2.45, 2.75) is 59.6 Å². The van der Waals surface area contributed by atoms with Gasteiger partial charge in [0, 0.05) is 17.8 Å². The smallest absolute Gasteiger partial charge is 0.252 e. The second-order valence-corrected chi connectivity index (χ2v) is 9.54. The van der Waals surface area contributed by atoms with E-state index in [1.165, 1.54) is 0 Å². The van der Waals surface area contributed by atoms with Gasteiger partial charge in [0.05, 0.1) is 29.1 Å². The summed E-state index contributed by atoms with van der Waals surface area (Å²) in [5.41, 5.74) is 9.95. The largest absolute Gasteiger partial charge is 0.491 e. The van der Waals surface area contributed by atoms with Crippen LogP contribution in [-0.4, -0.2) is 27.7 Å². The van der Waals surface area contributed by atoms with Crippen molar-refractivity contribution in [3.05, 3.63) is 48.3 Å². The summed E-state index contributed by atoms with van der Waals surface area (Å²) in [6, 6.07) is 10.3. The molecule has 6 nitrogen and oxygen atoms in total. The predicted octanol–water partition coefficient (Wildman–Crippen LogP) is 5.12. The fraction of sp³-hybridized carbons (Fsp3) is 0.440. The maximum Gasteiger partial charge on any atom is 0.252 e. The molecule has 0 saturated heterocycles. The van der Waals surface area contributed by atoms with E-state index in [1.807, 2.05) is 48.8 Å². The molecule has 1 saturated carbocycles. The number of amides is 1. The van der Waals surface area contributed by atoms with Gasteiger partial charge in [0.2, 0.25) is 0 Å². The summed E-state index contributed by atoms with van der Waals surface area (Å²) in [5, 5.41) is 8.11. The number of carbonyl (C=O) groups is 1. The van der Waals surface area contributed by atoms with Crippen molar-refractivity contribution < 1.29 is 9.53 Å². The van der Waals surface area contributed by atoms with Crippen LogP contribution in [0, 0.1) is 11.3 Å². The van der Waals surface area contributed by atoms with E-state index in [9.17, 15) is 4.79 Å². The van der Waals surface area contributed by atoms with E-state index in [4.69, 9.17) is 10.5 Å². The third-order valence-corrected chi connectivity index (χ3v) is 6.84. The number of anilines is 1. The Kier molecular flexibility index (Phi) is 5.42. The number of rotatable bonds is 6. The third-order valence-electron chi connectivity index (χ3n) is 6.84. The number of nitrogens with zero attached hydrogens (tertiary/aromatic N) is 2. The highest BCUT2D eigenvalue weighted by molar-refractivity contribution is 6.02. The van der Waals surface area contributed by atoms with Gasteiger partial charge in [-0.1, -0.05) is 32.9 Å². The van der Waals surface area contributed by atoms with E-state index in [0.29, 0.717) is 11.5 Å². The SMILES string of the molecule is CC(C)Oc1ccc(-c2cc3c(N[C@@H]4CCC(C)C4(C)C)c(C(N)=O)cnn3c2)cc1. The molecule has 2 heterocycles. The third kappa shape index (κ3) is 3.99. The van der Waals surface area contributed by atoms with Crippen LogP contribution >= 0.6 is 0 Å². The zero-order valence-electron chi connectivity index (χ0n) is 19.0. The molecule has 4 rings (SSSR count). The van der Waals surface area contributed by atoms with Crippen LogP contribution in [0.25, 0.3) is 16.6 Å². The van der Waals surface area contributed by atoms with Gasteiger partial charge in [-0.05, 0) is 61.8 Å². The molecule has 1 amide bonds. The number of nitrogens with one attached hydrogen (secondary N) is 1. The Labute approximate surface area is 183 Å². The fourth-order valence-electron chi connectivity index (χ4n) is 4.49. The second kappa shape index (κ2) is 7.91. The van der Waals surface area contributed by atoms with Crippen LogP contribution < -0.4 is 15.8 Å². The van der Waals surface area contributed by atoms with Crippen molar-refractivity contribution in [2.24, 2.45) is 17.1 Å². The topological polar surface area (TPSA) is 81.6 Å². The van der Waals surface area contributed by atoms with Gasteiger partial charge in [-0.3, -0.25) is 4.79 Å². The first kappa shape index (κ1) is 21.2. The zero-order chi connectivity index (χ0) is 22.3. The number of nitrogens with two attached hydrogens (primary N) is 1. The summed E-state index contributed by atoms with van der Waals surface area (Å²) in [6.45, 7) is 10.9. The summed E-state index contributed by atoms with van der Waals surface area (Å²) in [6.07, 6.45) is 5.90. The molecule has 6 heteroatoms. The number of hydrogen-bond acceptors (Lipinski definition) is 4. The molecular formula is C25H32N4O2. The number of primary amides is 1. The minimum atomic E-state index is -0.473. The van der Waals surface area contributed by atoms with Crippen LogP contribution in [0.4, 0.5) is 5.69 Å². The summed E-state index contributed by atoms with van der Waals surface area (Å²) in [7, 11) is 0. The number of aromatic nitrogens is 2. The van der Waals surface area contributed by atoms with Crippen LogP contribution in [0.15, 0.2) is 42.7 Å². The van der Waals surface area contributed by atoms with E-state index in [0.717, 1.165) is 40.9 Å². The van der Waals surface area contributed by atoms with Crippen LogP contribution in [-0.2, 0) is 0 Å². The highest BCUT2D eigenvalue weighted by atomic mass is 16.5. The van der Waals surface area contributed by atoms with Crippen molar-refractivity contribution in [1.82, 2.24) is 9.61 Å². The first-order valence-electron chi connectivity index (χ1n) is 11.0. The van der Waals surface area contributed by atoms with Crippen LogP contribution in [0.2, 0.25) is 0 Å². The first-order valence-corrected chi connectivity index (χ1v) is 11.0. The minimum Gasteiger partial charge on any atom is -0.491 e. The summed E-state index contributed by atoms with van der Waals surface area (Å²) in [4.78, 5) is 12.2. The molecule has 1 aliphatic carbocycles. The molecule has 2 atom stereocenters. The number of benzene rings is 1. The van der Waals surface area contributed by atoms with Crippen LogP contribution in [0.5, 0.6) is 5.75 Å². The molecule has 3 N–H and O–H groups in total. The molecule has 0 radical (unpaired) electrons. The molecule has 0 spiro atoms. The van der Waals surface area contributed by atoms with E-state index >= 15 is 0 Å². The van der Waals surface area contributed by atoms with Crippen molar-refractivity contribution in [3.8, 4) is 16.9 Å². The lowest BCUT2D eigenvalue weighted by atomic mass is 9.80. The van der Waals surface area contributed by atoms with Gasteiger partial charge in [0.15, 0.2) is 0 Å². The molecule has 0 aliphatic heterocycles. The lowest BCUT2D eigenvalue weighted by molar-refractivity contribution is 0.100. The number of fused-ring (bicyclic) bond motifs is 1. The Balaban J connectivity index is 1.74. The van der Waals surface area contributed by atoms with Crippen molar-refractivity contribution in [3.63, 3.8) is 0 Å². The molecule has 1 aromatic carbocycles. The molecule has 2 aromatic heterocycles. The van der Waals surface area contributed by atoms with E-state index in [2.05, 4.69) is 37.3 Å². The number of carbonyl (C=O) groups excluding carboxylic acids is 1. The quantitative estimate of drug-likeness (QED) is 0.580. The molecule has 31 heavy (non-hydrogen) atoms. The highest BCUT2D eigenvalue weighted by Gasteiger charge is 2.41. The molecule has 1 fully saturated rings. The second-order valence-electron chi connectivity index (χ2n) is 9.54. The zero-order valence-corrected chi connectivity index (χ0v) is 19.0. The van der Waals surface area contributed by atoms with E-state index in [1.54, 1.807) is 6.20 Å². The fourth-order valence-corrected chi connectivity index (χ4v) is 4.49. The molecular weight excluding hydrogens is 388 g/mol. The maximum absolute atomic E-state index is 12.2. The van der Waals surface area contributed by atoms with Gasteiger partial charge in [-0.25, -0.2) is 4.52 Å². The Morgan fingerprint density at radius 2 is 1.94 bits per heavy atom. The van der Waals surface area contributed by atoms with E-state index < -0.39 is 5.91 Å². The van der Waals surface area contributed by atoms with Gasteiger partial charge >= 0.3 is 0 Å². The molecule has 164 valence electrons. The van der Waals surface area contributed by atoms with Crippen molar-refractivity contribution in [1.29, 1.82) is 0 Å². The minimum absolute atomic E-state index is 0.122. The van der Waals surface area contributed by atoms with Gasteiger partial charge < -0.3 is 15.8 Å². The number of hydrogen-bond donors (Lipinski definition) is 2. The average Bonchev–Trinajstić information content (AvgIpc) is 3.24. The van der Waals surface area contributed by atoms with E-state index in [-0.39, 0.29) is 17.6 Å². The van der Waals surface area contributed by atoms with Gasteiger partial charge in [0.1, 0.15) is 5.75 Å². The average molecular weight is 421 g/mol. The molecule has 0 bridgehead atoms. The Morgan fingerprint density at radius 3 is 2.52 bits per heavy atom. The lowest BCUT2D eigenvalue weighted by Crippen LogP contribution is -2.35. The van der Waals surface area contributed by atoms with Crippen molar-refractivity contribution in [2.75, 3.05) is 5.32 Å². The van der Waals surface area contributed by atoms with Gasteiger partial charge in [0.25, 0.3) is 5.91 Å². The van der Waals surface area contributed by atoms with Crippen molar-refractivity contribution >= 4 is 17.1 Å². The van der Waals surface area contributed by atoms with Gasteiger partial charge in [-0.15, -0.1) is 0 Å². The standard InChI is InChI=1S/C25H32N4O2/c1-15(2)31-19-9-7-17(8-10-19)18-12-21-23(20(24(26)30)13-27-29(21)14-18)28-22-11-6-16(3)25(22,4)5/h7-10,12-16,22,28H,6,11H2,1-5H3,(H2,26,30)/t16?,22-/m1/s1. The molecule has 1 aliphatic rings. The summed E-state index contributed by atoms with van der Waals surface area (Å²) in [5.74, 6) is 0.977. The monoisotopic (exact) mass is 420 g/mol. The normalized spacial score (nSPS) is 20.3.